The highest BCUT2D eigenvalue weighted by molar-refractivity contribution is 6.30. The number of benzene rings is 2. The normalized spacial score (nSPS) is 10.3. The topological polar surface area (TPSA) is 67.2 Å². The number of carbonyl (C=O) groups is 1. The molecule has 2 N–H and O–H groups in total. The zero-order valence-corrected chi connectivity index (χ0v) is 12.9. The summed E-state index contributed by atoms with van der Waals surface area (Å²) in [5.74, 6) is 0.278. The number of urea groups is 1. The lowest BCUT2D eigenvalue weighted by Gasteiger charge is -2.04. The Bertz CT molecular complexity index is 785. The molecule has 0 fully saturated rings. The van der Waals surface area contributed by atoms with Crippen LogP contribution in [0.25, 0.3) is 11.3 Å². The van der Waals surface area contributed by atoms with Crippen molar-refractivity contribution in [2.24, 2.45) is 0 Å². The Balaban J connectivity index is 1.58. The second-order valence-electron chi connectivity index (χ2n) is 4.88. The van der Waals surface area contributed by atoms with Crippen LogP contribution < -0.4 is 10.6 Å². The summed E-state index contributed by atoms with van der Waals surface area (Å²) in [7, 11) is 0. The molecule has 0 unspecified atom stereocenters. The van der Waals surface area contributed by atoms with Crippen molar-refractivity contribution in [3.63, 3.8) is 0 Å². The quantitative estimate of drug-likeness (QED) is 0.750. The lowest BCUT2D eigenvalue weighted by atomic mass is 10.1. The number of aromatic nitrogens is 1. The molecule has 0 saturated heterocycles. The summed E-state index contributed by atoms with van der Waals surface area (Å²) in [4.78, 5) is 11.8. The van der Waals surface area contributed by atoms with Crippen LogP contribution in [0.1, 0.15) is 5.56 Å². The molecular weight excluding hydrogens is 314 g/mol. The molecule has 0 bridgehead atoms. The van der Waals surface area contributed by atoms with E-state index < -0.39 is 0 Å². The summed E-state index contributed by atoms with van der Waals surface area (Å²) in [6.45, 7) is 0.435. The Morgan fingerprint density at radius 2 is 1.83 bits per heavy atom. The fraction of sp³-hybridized carbons (Fsp3) is 0.0588. The molecule has 0 radical (unpaired) electrons. The van der Waals surface area contributed by atoms with Crippen LogP contribution in [0.5, 0.6) is 0 Å². The van der Waals surface area contributed by atoms with E-state index in [0.717, 1.165) is 11.1 Å². The van der Waals surface area contributed by atoms with Crippen LogP contribution in [0.3, 0.4) is 0 Å². The summed E-state index contributed by atoms with van der Waals surface area (Å²) >= 11 is 5.85. The van der Waals surface area contributed by atoms with Crippen molar-refractivity contribution in [3.8, 4) is 11.3 Å². The number of hydrogen-bond donors (Lipinski definition) is 2. The Morgan fingerprint density at radius 1 is 1.09 bits per heavy atom. The summed E-state index contributed by atoms with van der Waals surface area (Å²) in [5.41, 5.74) is 2.50. The fourth-order valence-electron chi connectivity index (χ4n) is 2.03. The molecular formula is C17H14ClN3O2. The van der Waals surface area contributed by atoms with Gasteiger partial charge in [0.25, 0.3) is 0 Å². The van der Waals surface area contributed by atoms with Gasteiger partial charge in [-0.05, 0) is 17.7 Å². The van der Waals surface area contributed by atoms with E-state index in [2.05, 4.69) is 15.8 Å². The third kappa shape index (κ3) is 4.11. The van der Waals surface area contributed by atoms with E-state index in [4.69, 9.17) is 16.1 Å². The average Bonchev–Trinajstić information content (AvgIpc) is 3.03. The van der Waals surface area contributed by atoms with Crippen LogP contribution in [-0.4, -0.2) is 11.2 Å². The van der Waals surface area contributed by atoms with Crippen molar-refractivity contribution in [1.82, 2.24) is 10.5 Å². The van der Waals surface area contributed by atoms with Crippen LogP contribution in [0.2, 0.25) is 5.02 Å². The highest BCUT2D eigenvalue weighted by Crippen LogP contribution is 2.23. The maximum absolute atomic E-state index is 11.8. The van der Waals surface area contributed by atoms with Crippen molar-refractivity contribution >= 4 is 23.5 Å². The van der Waals surface area contributed by atoms with Gasteiger partial charge in [0.1, 0.15) is 5.69 Å². The van der Waals surface area contributed by atoms with Gasteiger partial charge in [0.2, 0.25) is 5.88 Å². The number of rotatable bonds is 4. The predicted octanol–water partition coefficient (Wildman–Crippen LogP) is 4.32. The first kappa shape index (κ1) is 15.1. The number of halogens is 1. The first-order chi connectivity index (χ1) is 11.2. The highest BCUT2D eigenvalue weighted by atomic mass is 35.5. The third-order valence-electron chi connectivity index (χ3n) is 3.18. The molecule has 0 saturated carbocycles. The monoisotopic (exact) mass is 327 g/mol. The van der Waals surface area contributed by atoms with E-state index in [1.165, 1.54) is 0 Å². The standard InChI is InChI=1S/C17H14ClN3O2/c18-14-8-6-13(7-9-14)15-10-16(23-21-15)20-17(22)19-11-12-4-2-1-3-5-12/h1-10H,11H2,(H2,19,20,22). The van der Waals surface area contributed by atoms with E-state index in [1.54, 1.807) is 18.2 Å². The average molecular weight is 328 g/mol. The summed E-state index contributed by atoms with van der Waals surface area (Å²) in [5, 5.41) is 9.93. The van der Waals surface area contributed by atoms with Crippen LogP contribution in [-0.2, 0) is 6.54 Å². The molecule has 1 aromatic heterocycles. The Labute approximate surface area is 138 Å². The number of amides is 2. The minimum absolute atomic E-state index is 0.278. The minimum Gasteiger partial charge on any atom is -0.338 e. The Morgan fingerprint density at radius 3 is 2.57 bits per heavy atom. The number of anilines is 1. The zero-order valence-electron chi connectivity index (χ0n) is 12.1. The predicted molar refractivity (Wildman–Crippen MR) is 89.2 cm³/mol. The third-order valence-corrected chi connectivity index (χ3v) is 3.43. The first-order valence-corrected chi connectivity index (χ1v) is 7.40. The summed E-state index contributed by atoms with van der Waals surface area (Å²) < 4.78 is 5.12. The molecule has 2 aromatic carbocycles. The van der Waals surface area contributed by atoms with Gasteiger partial charge in [-0.15, -0.1) is 0 Å². The van der Waals surface area contributed by atoms with Crippen molar-refractivity contribution in [3.05, 3.63) is 71.2 Å². The maximum Gasteiger partial charge on any atom is 0.321 e. The smallest absolute Gasteiger partial charge is 0.321 e. The minimum atomic E-state index is -0.354. The summed E-state index contributed by atoms with van der Waals surface area (Å²) in [6, 6.07) is 18.2. The molecule has 0 atom stereocenters. The molecule has 2 amide bonds. The molecule has 0 aliphatic carbocycles. The van der Waals surface area contributed by atoms with Crippen molar-refractivity contribution in [2.75, 3.05) is 5.32 Å². The van der Waals surface area contributed by atoms with Gasteiger partial charge in [-0.1, -0.05) is 59.2 Å². The van der Waals surface area contributed by atoms with E-state index in [1.807, 2.05) is 42.5 Å². The Kier molecular flexibility index (Phi) is 4.59. The van der Waals surface area contributed by atoms with Gasteiger partial charge in [-0.2, -0.15) is 0 Å². The van der Waals surface area contributed by atoms with Gasteiger partial charge in [0.15, 0.2) is 0 Å². The molecule has 0 aliphatic heterocycles. The Hall–Kier alpha value is -2.79. The van der Waals surface area contributed by atoms with Gasteiger partial charge < -0.3 is 9.84 Å². The lowest BCUT2D eigenvalue weighted by molar-refractivity contribution is 0.251. The van der Waals surface area contributed by atoms with Gasteiger partial charge in [-0.3, -0.25) is 5.32 Å². The van der Waals surface area contributed by atoms with E-state index in [0.29, 0.717) is 17.3 Å². The maximum atomic E-state index is 11.8. The second-order valence-corrected chi connectivity index (χ2v) is 5.31. The van der Waals surface area contributed by atoms with Gasteiger partial charge >= 0.3 is 6.03 Å². The molecule has 5 nitrogen and oxygen atoms in total. The molecule has 23 heavy (non-hydrogen) atoms. The molecule has 6 heteroatoms. The molecule has 0 aliphatic rings. The number of carbonyl (C=O) groups excluding carboxylic acids is 1. The van der Waals surface area contributed by atoms with Crippen LogP contribution in [0.4, 0.5) is 10.7 Å². The highest BCUT2D eigenvalue weighted by Gasteiger charge is 2.09. The zero-order chi connectivity index (χ0) is 16.1. The second kappa shape index (κ2) is 6.98. The van der Waals surface area contributed by atoms with E-state index in [-0.39, 0.29) is 11.9 Å². The SMILES string of the molecule is O=C(NCc1ccccc1)Nc1cc(-c2ccc(Cl)cc2)no1. The summed E-state index contributed by atoms with van der Waals surface area (Å²) in [6.07, 6.45) is 0. The van der Waals surface area contributed by atoms with Gasteiger partial charge in [-0.25, -0.2) is 4.79 Å². The number of nitrogens with one attached hydrogen (secondary N) is 2. The number of nitrogens with zero attached hydrogens (tertiary/aromatic N) is 1. The molecule has 1 heterocycles. The molecule has 0 spiro atoms. The van der Waals surface area contributed by atoms with Crippen molar-refractivity contribution in [2.45, 2.75) is 6.54 Å². The first-order valence-electron chi connectivity index (χ1n) is 7.02. The molecule has 116 valence electrons. The molecule has 3 aromatic rings. The van der Waals surface area contributed by atoms with E-state index >= 15 is 0 Å². The van der Waals surface area contributed by atoms with Crippen molar-refractivity contribution < 1.29 is 9.32 Å². The fourth-order valence-corrected chi connectivity index (χ4v) is 2.15. The van der Waals surface area contributed by atoms with Gasteiger partial charge in [0.05, 0.1) is 0 Å². The largest absolute Gasteiger partial charge is 0.338 e. The number of hydrogen-bond acceptors (Lipinski definition) is 3. The lowest BCUT2D eigenvalue weighted by Crippen LogP contribution is -2.27. The molecule has 3 rings (SSSR count). The van der Waals surface area contributed by atoms with E-state index in [9.17, 15) is 4.79 Å². The van der Waals surface area contributed by atoms with Crippen LogP contribution in [0, 0.1) is 0 Å². The van der Waals surface area contributed by atoms with Crippen LogP contribution in [0.15, 0.2) is 65.2 Å². The van der Waals surface area contributed by atoms with Crippen LogP contribution >= 0.6 is 11.6 Å². The van der Waals surface area contributed by atoms with Gasteiger partial charge in [0, 0.05) is 23.2 Å². The van der Waals surface area contributed by atoms with Crippen molar-refractivity contribution in [1.29, 1.82) is 0 Å².